The van der Waals surface area contributed by atoms with Crippen LogP contribution in [0, 0.1) is 10.1 Å². The van der Waals surface area contributed by atoms with Gasteiger partial charge in [-0.15, -0.1) is 0 Å². The molecule has 0 aliphatic carbocycles. The fraction of sp³-hybridized carbons (Fsp3) is 0.0370. The van der Waals surface area contributed by atoms with Crippen molar-refractivity contribution in [3.63, 3.8) is 0 Å². The molecule has 0 spiro atoms. The molecule has 0 unspecified atom stereocenters. The van der Waals surface area contributed by atoms with Gasteiger partial charge in [0, 0.05) is 12.1 Å². The zero-order valence-corrected chi connectivity index (χ0v) is 19.9. The summed E-state index contributed by atoms with van der Waals surface area (Å²) in [6.07, 6.45) is 1.76. The number of thioether (sulfide) groups is 1. The molecule has 0 bridgehead atoms. The van der Waals surface area contributed by atoms with Crippen LogP contribution in [-0.4, -0.2) is 15.2 Å². The first-order valence-electron chi connectivity index (χ1n) is 10.7. The van der Waals surface area contributed by atoms with Crippen molar-refractivity contribution in [1.29, 1.82) is 0 Å². The second-order valence-electron chi connectivity index (χ2n) is 7.79. The van der Waals surface area contributed by atoms with Gasteiger partial charge in [-0.25, -0.2) is 0 Å². The molecule has 1 heterocycles. The summed E-state index contributed by atoms with van der Waals surface area (Å²) in [5.41, 5.74) is 2.21. The largest absolute Gasteiger partial charge is 0.489 e. The number of anilines is 1. The van der Waals surface area contributed by atoms with E-state index in [2.05, 4.69) is 24.3 Å². The molecule has 4 aromatic rings. The van der Waals surface area contributed by atoms with Crippen molar-refractivity contribution in [2.24, 2.45) is 0 Å². The van der Waals surface area contributed by atoms with E-state index in [9.17, 15) is 14.9 Å². The number of hydrogen-bond donors (Lipinski definition) is 0. The summed E-state index contributed by atoms with van der Waals surface area (Å²) >= 11 is 6.54. The van der Waals surface area contributed by atoms with Gasteiger partial charge in [0.25, 0.3) is 11.6 Å². The maximum absolute atomic E-state index is 13.0. The Kier molecular flexibility index (Phi) is 6.31. The predicted molar refractivity (Wildman–Crippen MR) is 143 cm³/mol. The van der Waals surface area contributed by atoms with Gasteiger partial charge in [-0.1, -0.05) is 84.6 Å². The van der Waals surface area contributed by atoms with Crippen molar-refractivity contribution >= 4 is 62.4 Å². The number of nitro benzene ring substituents is 1. The van der Waals surface area contributed by atoms with Crippen molar-refractivity contribution in [2.45, 2.75) is 6.61 Å². The lowest BCUT2D eigenvalue weighted by atomic mass is 10.1. The summed E-state index contributed by atoms with van der Waals surface area (Å²) in [4.78, 5) is 25.4. The number of nitro groups is 1. The van der Waals surface area contributed by atoms with Gasteiger partial charge in [0.15, 0.2) is 4.32 Å². The Morgan fingerprint density at radius 3 is 2.51 bits per heavy atom. The lowest BCUT2D eigenvalue weighted by molar-refractivity contribution is -0.384. The van der Waals surface area contributed by atoms with E-state index >= 15 is 0 Å². The molecular weight excluding hydrogens is 480 g/mol. The molecule has 0 radical (unpaired) electrons. The molecule has 0 aromatic heterocycles. The number of fused-ring (bicyclic) bond motifs is 1. The smallest absolute Gasteiger partial charge is 0.271 e. The number of amides is 1. The Bertz CT molecular complexity index is 1490. The van der Waals surface area contributed by atoms with E-state index < -0.39 is 4.92 Å². The molecule has 0 saturated carbocycles. The third kappa shape index (κ3) is 4.80. The first kappa shape index (κ1) is 22.8. The van der Waals surface area contributed by atoms with Gasteiger partial charge in [-0.05, 0) is 46.2 Å². The maximum Gasteiger partial charge on any atom is 0.271 e. The van der Waals surface area contributed by atoms with Crippen LogP contribution in [0.15, 0.2) is 95.9 Å². The average Bonchev–Trinajstić information content (AvgIpc) is 3.16. The number of ether oxygens (including phenoxy) is 1. The van der Waals surface area contributed by atoms with Crippen LogP contribution in [0.3, 0.4) is 0 Å². The van der Waals surface area contributed by atoms with Gasteiger partial charge in [-0.2, -0.15) is 0 Å². The Hall–Kier alpha value is -4.01. The first-order valence-corrected chi connectivity index (χ1v) is 11.9. The lowest BCUT2D eigenvalue weighted by Gasteiger charge is -2.13. The first-order chi connectivity index (χ1) is 17.0. The molecule has 1 aliphatic heterocycles. The molecule has 172 valence electrons. The number of nitrogens with zero attached hydrogens (tertiary/aromatic N) is 2. The Morgan fingerprint density at radius 1 is 0.971 bits per heavy atom. The van der Waals surface area contributed by atoms with Gasteiger partial charge < -0.3 is 4.74 Å². The number of hydrogen-bond acceptors (Lipinski definition) is 6. The lowest BCUT2D eigenvalue weighted by Crippen LogP contribution is -2.27. The number of carbonyl (C=O) groups excluding carboxylic acids is 1. The number of thiocarbonyl (C=S) groups is 1. The third-order valence-electron chi connectivity index (χ3n) is 5.54. The summed E-state index contributed by atoms with van der Waals surface area (Å²) in [7, 11) is 0. The molecule has 0 atom stereocenters. The van der Waals surface area contributed by atoms with E-state index in [1.165, 1.54) is 40.2 Å². The zero-order valence-electron chi connectivity index (χ0n) is 18.3. The van der Waals surface area contributed by atoms with Crippen molar-refractivity contribution in [2.75, 3.05) is 4.90 Å². The molecule has 8 heteroatoms. The predicted octanol–water partition coefficient (Wildman–Crippen LogP) is 6.73. The number of rotatable bonds is 6. The minimum Gasteiger partial charge on any atom is -0.489 e. The highest BCUT2D eigenvalue weighted by atomic mass is 32.2. The van der Waals surface area contributed by atoms with E-state index in [-0.39, 0.29) is 11.6 Å². The fourth-order valence-electron chi connectivity index (χ4n) is 3.83. The number of benzene rings is 4. The Balaban J connectivity index is 1.30. The van der Waals surface area contributed by atoms with Gasteiger partial charge in [0.1, 0.15) is 12.4 Å². The maximum atomic E-state index is 13.0. The van der Waals surface area contributed by atoms with Gasteiger partial charge in [-0.3, -0.25) is 19.8 Å². The van der Waals surface area contributed by atoms with E-state index in [0.29, 0.717) is 21.5 Å². The second-order valence-corrected chi connectivity index (χ2v) is 9.47. The normalized spacial score (nSPS) is 14.6. The molecule has 1 fully saturated rings. The van der Waals surface area contributed by atoms with Crippen LogP contribution in [0.25, 0.3) is 16.8 Å². The second kappa shape index (κ2) is 9.69. The molecule has 6 nitrogen and oxygen atoms in total. The van der Waals surface area contributed by atoms with E-state index in [1.807, 2.05) is 42.5 Å². The van der Waals surface area contributed by atoms with Gasteiger partial charge >= 0.3 is 0 Å². The van der Waals surface area contributed by atoms with E-state index in [1.54, 1.807) is 12.1 Å². The van der Waals surface area contributed by atoms with E-state index in [4.69, 9.17) is 17.0 Å². The molecule has 1 amide bonds. The SMILES string of the molecule is O=C1/C(=C\c2ccc(OCc3cccc4ccccc34)cc2)SC(=S)N1c1cccc([N+](=O)[O-])c1. The van der Waals surface area contributed by atoms with Crippen LogP contribution in [0.5, 0.6) is 5.75 Å². The van der Waals surface area contributed by atoms with Crippen molar-refractivity contribution in [1.82, 2.24) is 0 Å². The van der Waals surface area contributed by atoms with Crippen molar-refractivity contribution in [3.05, 3.63) is 117 Å². The Labute approximate surface area is 211 Å². The Morgan fingerprint density at radius 2 is 1.71 bits per heavy atom. The number of non-ortho nitro benzene ring substituents is 1. The van der Waals surface area contributed by atoms with Crippen LogP contribution in [-0.2, 0) is 11.4 Å². The van der Waals surface area contributed by atoms with Gasteiger partial charge in [0.2, 0.25) is 0 Å². The molecular formula is C27H18N2O4S2. The molecule has 1 aliphatic rings. The van der Waals surface area contributed by atoms with Crippen molar-refractivity contribution in [3.8, 4) is 5.75 Å². The zero-order chi connectivity index (χ0) is 24.4. The van der Waals surface area contributed by atoms with Crippen LogP contribution in [0.2, 0.25) is 0 Å². The van der Waals surface area contributed by atoms with Crippen molar-refractivity contribution < 1.29 is 14.5 Å². The minimum atomic E-state index is -0.499. The summed E-state index contributed by atoms with van der Waals surface area (Å²) in [5, 5.41) is 13.4. The summed E-state index contributed by atoms with van der Waals surface area (Å²) in [6.45, 7) is 0.447. The number of carbonyl (C=O) groups is 1. The average molecular weight is 499 g/mol. The third-order valence-corrected chi connectivity index (χ3v) is 6.85. The monoisotopic (exact) mass is 498 g/mol. The van der Waals surface area contributed by atoms with E-state index in [0.717, 1.165) is 22.3 Å². The molecule has 35 heavy (non-hydrogen) atoms. The highest BCUT2D eigenvalue weighted by Gasteiger charge is 2.33. The minimum absolute atomic E-state index is 0.0976. The highest BCUT2D eigenvalue weighted by molar-refractivity contribution is 8.27. The summed E-state index contributed by atoms with van der Waals surface area (Å²) < 4.78 is 6.32. The van der Waals surface area contributed by atoms with Crippen LogP contribution >= 0.6 is 24.0 Å². The van der Waals surface area contributed by atoms with Gasteiger partial charge in [0.05, 0.1) is 15.5 Å². The molecule has 5 rings (SSSR count). The topological polar surface area (TPSA) is 72.7 Å². The standard InChI is InChI=1S/C27H18N2O4S2/c30-26-25(35-27(34)28(26)21-8-4-9-22(16-21)29(31)32)15-18-11-13-23(14-12-18)33-17-20-7-3-6-19-5-1-2-10-24(19)20/h1-16H,17H2/b25-15+. The summed E-state index contributed by atoms with van der Waals surface area (Å²) in [6, 6.07) is 27.7. The quantitative estimate of drug-likeness (QED) is 0.127. The van der Waals surface area contributed by atoms with Crippen LogP contribution < -0.4 is 9.64 Å². The fourth-order valence-corrected chi connectivity index (χ4v) is 5.13. The summed E-state index contributed by atoms with van der Waals surface area (Å²) in [5.74, 6) is 0.413. The molecule has 1 saturated heterocycles. The van der Waals surface area contributed by atoms with Crippen LogP contribution in [0.1, 0.15) is 11.1 Å². The highest BCUT2D eigenvalue weighted by Crippen LogP contribution is 2.37. The molecule has 0 N–H and O–H groups in total. The van der Waals surface area contributed by atoms with Crippen LogP contribution in [0.4, 0.5) is 11.4 Å². The molecule has 4 aromatic carbocycles.